The van der Waals surface area contributed by atoms with Gasteiger partial charge >= 0.3 is 6.96 Å². The zero-order valence-electron chi connectivity index (χ0n) is 21.1. The van der Waals surface area contributed by atoms with Crippen LogP contribution in [0.1, 0.15) is 0 Å². The van der Waals surface area contributed by atoms with Gasteiger partial charge in [0.25, 0.3) is 0 Å². The molecule has 37 heavy (non-hydrogen) atoms. The Labute approximate surface area is 236 Å². The average molecular weight is 568 g/mol. The van der Waals surface area contributed by atoms with Crippen LogP contribution in [0.3, 0.4) is 0 Å². The van der Waals surface area contributed by atoms with Crippen LogP contribution >= 0.6 is 47.0 Å². The van der Waals surface area contributed by atoms with Gasteiger partial charge in [0.2, 0.25) is 0 Å². The molecule has 0 amide bonds. The molecule has 0 radical (unpaired) electrons. The maximum atomic E-state index is 6.45. The summed E-state index contributed by atoms with van der Waals surface area (Å²) < 4.78 is 25.8. The van der Waals surface area contributed by atoms with Crippen molar-refractivity contribution in [1.82, 2.24) is 0 Å². The fourth-order valence-electron chi connectivity index (χ4n) is 3.43. The summed E-state index contributed by atoms with van der Waals surface area (Å²) in [7, 11) is 0. The minimum Gasteiger partial charge on any atom is -0.611 e. The molecule has 0 unspecified atom stereocenters. The summed E-state index contributed by atoms with van der Waals surface area (Å²) in [4.78, 5) is 4.50. The van der Waals surface area contributed by atoms with Crippen molar-refractivity contribution in [3.05, 3.63) is 97.1 Å². The van der Waals surface area contributed by atoms with Crippen molar-refractivity contribution in [2.75, 3.05) is 25.0 Å². The Morgan fingerprint density at radius 2 is 0.541 bits per heavy atom. The molecule has 0 aliphatic carbocycles. The van der Waals surface area contributed by atoms with E-state index in [0.29, 0.717) is 23.0 Å². The van der Waals surface area contributed by atoms with Crippen molar-refractivity contribution in [3.8, 4) is 23.0 Å². The van der Waals surface area contributed by atoms with Crippen molar-refractivity contribution in [2.24, 2.45) is 0 Å². The molecule has 9 heteroatoms. The Bertz CT molecular complexity index is 1050. The Kier molecular flexibility index (Phi) is 9.97. The Hall–Kier alpha value is -2.46. The van der Waals surface area contributed by atoms with Crippen molar-refractivity contribution < 1.29 is 18.6 Å². The van der Waals surface area contributed by atoms with Crippen LogP contribution in [0.25, 0.3) is 0 Å². The van der Waals surface area contributed by atoms with Gasteiger partial charge in [-0.05, 0) is 122 Å². The van der Waals surface area contributed by atoms with Gasteiger partial charge < -0.3 is 18.6 Å². The standard InChI is InChI=1S/C28H28BO4S4/c1-34-25-13-5-21(6-14-25)30-29(31-22-7-15-26(35-2)16-8-22,32-23-9-17-27(36-3)18-10-23)33-24-11-19-28(37-4)20-12-24/h5-20H,1-4H3/q-1. The van der Waals surface area contributed by atoms with Gasteiger partial charge in [-0.2, -0.15) is 0 Å². The summed E-state index contributed by atoms with van der Waals surface area (Å²) in [5.74, 6) is 2.28. The summed E-state index contributed by atoms with van der Waals surface area (Å²) in [6.07, 6.45) is 8.14. The monoisotopic (exact) mass is 567 g/mol. The highest BCUT2D eigenvalue weighted by Gasteiger charge is 2.43. The fraction of sp³-hybridized carbons (Fsp3) is 0.143. The number of hydrogen-bond donors (Lipinski definition) is 0. The second kappa shape index (κ2) is 13.4. The highest BCUT2D eigenvalue weighted by atomic mass is 32.2. The zero-order valence-corrected chi connectivity index (χ0v) is 24.3. The van der Waals surface area contributed by atoms with Gasteiger partial charge in [0.15, 0.2) is 0 Å². The van der Waals surface area contributed by atoms with Crippen LogP contribution in [0.2, 0.25) is 0 Å². The van der Waals surface area contributed by atoms with E-state index in [1.165, 1.54) is 0 Å². The first kappa shape index (κ1) is 27.6. The summed E-state index contributed by atoms with van der Waals surface area (Å²) in [5.41, 5.74) is 0. The Morgan fingerprint density at radius 1 is 0.351 bits per heavy atom. The lowest BCUT2D eigenvalue weighted by Crippen LogP contribution is -2.60. The summed E-state index contributed by atoms with van der Waals surface area (Å²) in [5, 5.41) is 0. The van der Waals surface area contributed by atoms with Crippen molar-refractivity contribution in [2.45, 2.75) is 19.6 Å². The van der Waals surface area contributed by atoms with Crippen LogP contribution in [-0.4, -0.2) is 32.0 Å². The number of rotatable bonds is 12. The summed E-state index contributed by atoms with van der Waals surface area (Å²) >= 11 is 6.65. The summed E-state index contributed by atoms with van der Waals surface area (Å²) in [6, 6.07) is 31.1. The maximum absolute atomic E-state index is 6.45. The lowest BCUT2D eigenvalue weighted by atomic mass is 10.0. The lowest BCUT2D eigenvalue weighted by molar-refractivity contribution is 0.161. The molecule has 0 aliphatic rings. The first-order chi connectivity index (χ1) is 18.0. The first-order valence-electron chi connectivity index (χ1n) is 11.5. The smallest absolute Gasteiger partial charge is 0.611 e. The second-order valence-electron chi connectivity index (χ2n) is 7.75. The third kappa shape index (κ3) is 7.77. The summed E-state index contributed by atoms with van der Waals surface area (Å²) in [6.45, 7) is -2.82. The molecule has 0 aliphatic heterocycles. The molecule has 0 saturated carbocycles. The van der Waals surface area contributed by atoms with E-state index in [2.05, 4.69) is 0 Å². The molecule has 4 rings (SSSR count). The van der Waals surface area contributed by atoms with Crippen LogP contribution in [0, 0.1) is 0 Å². The van der Waals surface area contributed by atoms with E-state index in [-0.39, 0.29) is 0 Å². The predicted octanol–water partition coefficient (Wildman–Crippen LogP) is 8.63. The Balaban J connectivity index is 1.76. The van der Waals surface area contributed by atoms with Crippen LogP contribution in [0.15, 0.2) is 117 Å². The molecular weight excluding hydrogens is 539 g/mol. The minimum atomic E-state index is -2.82. The van der Waals surface area contributed by atoms with E-state index in [9.17, 15) is 0 Å². The molecule has 4 aromatic rings. The average Bonchev–Trinajstić information content (AvgIpc) is 2.94. The molecule has 0 heterocycles. The number of hydrogen-bond acceptors (Lipinski definition) is 8. The molecule has 192 valence electrons. The van der Waals surface area contributed by atoms with Crippen LogP contribution in [0.4, 0.5) is 0 Å². The minimum absolute atomic E-state index is 0.569. The second-order valence-corrected chi connectivity index (χ2v) is 11.3. The quantitative estimate of drug-likeness (QED) is 0.124. The first-order valence-corrected chi connectivity index (χ1v) is 16.4. The van der Waals surface area contributed by atoms with Crippen LogP contribution in [-0.2, 0) is 0 Å². The van der Waals surface area contributed by atoms with Crippen LogP contribution in [0.5, 0.6) is 23.0 Å². The molecule has 0 saturated heterocycles. The number of benzene rings is 4. The van der Waals surface area contributed by atoms with E-state index < -0.39 is 6.96 Å². The van der Waals surface area contributed by atoms with E-state index in [1.54, 1.807) is 47.0 Å². The molecule has 0 aromatic heterocycles. The predicted molar refractivity (Wildman–Crippen MR) is 161 cm³/mol. The molecule has 4 nitrogen and oxygen atoms in total. The van der Waals surface area contributed by atoms with Crippen molar-refractivity contribution in [1.29, 1.82) is 0 Å². The molecular formula is C28H28BO4S4-. The topological polar surface area (TPSA) is 36.9 Å². The van der Waals surface area contributed by atoms with Gasteiger partial charge in [0.05, 0.1) is 23.0 Å². The SMILES string of the molecule is CSc1ccc(O[B-](Oc2ccc(SC)cc2)(Oc2ccc(SC)cc2)Oc2ccc(SC)cc2)cc1. The molecule has 0 atom stereocenters. The van der Waals surface area contributed by atoms with Gasteiger partial charge in [-0.15, -0.1) is 47.0 Å². The highest BCUT2D eigenvalue weighted by molar-refractivity contribution is 7.99. The molecule has 0 bridgehead atoms. The van der Waals surface area contributed by atoms with E-state index in [1.807, 2.05) is 122 Å². The van der Waals surface area contributed by atoms with E-state index in [0.717, 1.165) is 19.6 Å². The molecule has 0 N–H and O–H groups in total. The Morgan fingerprint density at radius 3 is 0.703 bits per heavy atom. The third-order valence-electron chi connectivity index (χ3n) is 5.36. The van der Waals surface area contributed by atoms with Crippen LogP contribution < -0.4 is 18.6 Å². The molecule has 0 fully saturated rings. The zero-order chi connectivity index (χ0) is 26.1. The van der Waals surface area contributed by atoms with Gasteiger partial charge in [-0.1, -0.05) is 0 Å². The molecule has 4 aromatic carbocycles. The van der Waals surface area contributed by atoms with Crippen molar-refractivity contribution in [3.63, 3.8) is 0 Å². The lowest BCUT2D eigenvalue weighted by Gasteiger charge is -2.41. The van der Waals surface area contributed by atoms with Gasteiger partial charge in [-0.25, -0.2) is 0 Å². The van der Waals surface area contributed by atoms with Gasteiger partial charge in [-0.3, -0.25) is 0 Å². The van der Waals surface area contributed by atoms with Gasteiger partial charge in [0.1, 0.15) is 0 Å². The highest BCUT2D eigenvalue weighted by Crippen LogP contribution is 2.30. The fourth-order valence-corrected chi connectivity index (χ4v) is 5.06. The largest absolute Gasteiger partial charge is 0.777 e. The van der Waals surface area contributed by atoms with Gasteiger partial charge in [0, 0.05) is 19.6 Å². The third-order valence-corrected chi connectivity index (χ3v) is 8.33. The normalized spacial score (nSPS) is 11.1. The number of thioether (sulfide) groups is 4. The van der Waals surface area contributed by atoms with E-state index in [4.69, 9.17) is 18.6 Å². The maximum Gasteiger partial charge on any atom is 0.777 e. The van der Waals surface area contributed by atoms with Crippen molar-refractivity contribution >= 4 is 54.0 Å². The van der Waals surface area contributed by atoms with E-state index >= 15 is 0 Å². The molecule has 0 spiro atoms.